The molecule has 2 saturated carbocycles. The van der Waals surface area contributed by atoms with Crippen molar-refractivity contribution in [3.05, 3.63) is 29.3 Å². The first-order valence-electron chi connectivity index (χ1n) is 15.9. The zero-order valence-electron chi connectivity index (χ0n) is 25.4. The van der Waals surface area contributed by atoms with Gasteiger partial charge in [-0.25, -0.2) is 8.42 Å². The average Bonchev–Trinajstić information content (AvgIpc) is 3.21. The molecule has 0 bridgehead atoms. The second-order valence-corrected chi connectivity index (χ2v) is 16.0. The van der Waals surface area contributed by atoms with Crippen molar-refractivity contribution in [2.75, 3.05) is 31.6 Å². The summed E-state index contributed by atoms with van der Waals surface area (Å²) in [4.78, 5) is 2.04. The fraction of sp³-hybridized carbons (Fsp3) is 0.812. The minimum Gasteiger partial charge on any atom is -0.508 e. The Kier molecular flexibility index (Phi) is 10.8. The first-order valence-corrected chi connectivity index (χ1v) is 17.7. The van der Waals surface area contributed by atoms with Gasteiger partial charge in [0.25, 0.3) is 0 Å². The van der Waals surface area contributed by atoms with Gasteiger partial charge in [-0.15, -0.1) is 0 Å². The van der Waals surface area contributed by atoms with Gasteiger partial charge in [0.2, 0.25) is 0 Å². The van der Waals surface area contributed by atoms with Crippen LogP contribution in [-0.4, -0.2) is 73.4 Å². The first-order chi connectivity index (χ1) is 20.0. The van der Waals surface area contributed by atoms with Gasteiger partial charge in [-0.2, -0.15) is 22.0 Å². The number of phenolic OH excluding ortho intramolecular Hbond substituents is 1. The molecule has 2 N–H and O–H groups in total. The topological polar surface area (TPSA) is 77.8 Å². The third kappa shape index (κ3) is 8.04. The number of nitrogens with zero attached hydrogens (tertiary/aromatic N) is 1. The Morgan fingerprint density at radius 3 is 2.40 bits per heavy atom. The minimum absolute atomic E-state index is 0.0157. The van der Waals surface area contributed by atoms with Crippen molar-refractivity contribution < 1.29 is 40.6 Å². The van der Waals surface area contributed by atoms with E-state index in [2.05, 4.69) is 13.0 Å². The van der Waals surface area contributed by atoms with E-state index >= 15 is 0 Å². The summed E-state index contributed by atoms with van der Waals surface area (Å²) in [5, 5.41) is 21.0. The summed E-state index contributed by atoms with van der Waals surface area (Å²) in [6.45, 7) is 3.58. The Morgan fingerprint density at radius 2 is 1.67 bits per heavy atom. The lowest BCUT2D eigenvalue weighted by molar-refractivity contribution is -0.284. The Morgan fingerprint density at radius 1 is 0.977 bits per heavy atom. The summed E-state index contributed by atoms with van der Waals surface area (Å²) in [5.41, 5.74) is 2.63. The smallest absolute Gasteiger partial charge is 0.453 e. The van der Waals surface area contributed by atoms with Gasteiger partial charge >= 0.3 is 12.1 Å². The lowest BCUT2D eigenvalue weighted by Crippen LogP contribution is -2.47. The number of aliphatic hydroxyl groups is 1. The highest BCUT2D eigenvalue weighted by Crippen LogP contribution is 2.62. The maximum atomic E-state index is 13.0. The van der Waals surface area contributed by atoms with Gasteiger partial charge in [-0.3, -0.25) is 0 Å². The Bertz CT molecular complexity index is 1190. The zero-order chi connectivity index (χ0) is 31.6. The van der Waals surface area contributed by atoms with E-state index in [9.17, 15) is 40.6 Å². The fourth-order valence-electron chi connectivity index (χ4n) is 8.42. The molecule has 43 heavy (non-hydrogen) atoms. The van der Waals surface area contributed by atoms with Crippen LogP contribution >= 0.6 is 0 Å². The molecule has 3 aliphatic carbocycles. The molecular formula is C32H48F5NO4S. The number of unbranched alkanes of at least 4 members (excludes halogenated alkanes) is 2. The van der Waals surface area contributed by atoms with Crippen molar-refractivity contribution in [1.82, 2.24) is 4.90 Å². The van der Waals surface area contributed by atoms with Gasteiger partial charge < -0.3 is 15.1 Å². The molecule has 1 aromatic carbocycles. The monoisotopic (exact) mass is 637 g/mol. The number of hydrogen-bond donors (Lipinski definition) is 2. The SMILES string of the molecule is CN(CCCCC[C@@H]1Cc2cc(O)ccc2[C@H]2CC[C@]3(C)[C@@H](O)CC[C@H]3[C@H]12)CCCS(=O)(=O)CCCC(F)(F)C(F)(F)F. The number of phenols is 1. The molecular weight excluding hydrogens is 589 g/mol. The maximum Gasteiger partial charge on any atom is 0.453 e. The van der Waals surface area contributed by atoms with Crippen LogP contribution in [0.2, 0.25) is 0 Å². The molecule has 5 nitrogen and oxygen atoms in total. The van der Waals surface area contributed by atoms with E-state index in [4.69, 9.17) is 0 Å². The molecule has 0 unspecified atom stereocenters. The van der Waals surface area contributed by atoms with Crippen LogP contribution in [0.15, 0.2) is 18.2 Å². The molecule has 0 amide bonds. The Labute approximate surface area is 253 Å². The molecule has 0 aromatic heterocycles. The van der Waals surface area contributed by atoms with Gasteiger partial charge in [0, 0.05) is 6.42 Å². The number of fused-ring (bicyclic) bond motifs is 5. The van der Waals surface area contributed by atoms with Gasteiger partial charge in [-0.05, 0) is 130 Å². The number of aliphatic hydroxyl groups excluding tert-OH is 1. The van der Waals surface area contributed by atoms with Crippen LogP contribution in [0.5, 0.6) is 5.75 Å². The zero-order valence-corrected chi connectivity index (χ0v) is 26.2. The summed E-state index contributed by atoms with van der Waals surface area (Å²) in [5.74, 6) is -3.43. The summed E-state index contributed by atoms with van der Waals surface area (Å²) in [7, 11) is -1.79. The van der Waals surface area contributed by atoms with Crippen molar-refractivity contribution in [2.24, 2.45) is 23.2 Å². The van der Waals surface area contributed by atoms with Crippen molar-refractivity contribution in [3.63, 3.8) is 0 Å². The highest BCUT2D eigenvalue weighted by atomic mass is 32.2. The van der Waals surface area contributed by atoms with E-state index in [0.29, 0.717) is 42.4 Å². The summed E-state index contributed by atoms with van der Waals surface area (Å²) < 4.78 is 87.1. The summed E-state index contributed by atoms with van der Waals surface area (Å²) in [6, 6.07) is 5.85. The number of rotatable bonds is 14. The summed E-state index contributed by atoms with van der Waals surface area (Å²) in [6.07, 6.45) is 1.32. The normalized spacial score (nSPS) is 29.4. The van der Waals surface area contributed by atoms with E-state index in [-0.39, 0.29) is 17.3 Å². The van der Waals surface area contributed by atoms with E-state index in [1.165, 1.54) is 11.1 Å². The highest BCUT2D eigenvalue weighted by molar-refractivity contribution is 7.91. The quantitative estimate of drug-likeness (QED) is 0.168. The van der Waals surface area contributed by atoms with E-state index < -0.39 is 40.5 Å². The van der Waals surface area contributed by atoms with Gasteiger partial charge in [0.1, 0.15) is 15.6 Å². The van der Waals surface area contributed by atoms with Crippen molar-refractivity contribution in [2.45, 2.75) is 108 Å². The number of sulfone groups is 1. The van der Waals surface area contributed by atoms with Crippen LogP contribution < -0.4 is 0 Å². The van der Waals surface area contributed by atoms with E-state index in [1.807, 2.05) is 18.0 Å². The van der Waals surface area contributed by atoms with E-state index in [1.54, 1.807) is 6.07 Å². The number of benzene rings is 1. The minimum atomic E-state index is -5.66. The van der Waals surface area contributed by atoms with Crippen molar-refractivity contribution in [3.8, 4) is 5.75 Å². The average molecular weight is 638 g/mol. The molecule has 1 aromatic rings. The van der Waals surface area contributed by atoms with Crippen LogP contribution in [0.4, 0.5) is 22.0 Å². The second kappa shape index (κ2) is 13.5. The van der Waals surface area contributed by atoms with Crippen LogP contribution in [0, 0.1) is 23.2 Å². The third-order valence-corrected chi connectivity index (χ3v) is 12.6. The molecule has 6 atom stereocenters. The molecule has 0 radical (unpaired) electrons. The lowest BCUT2D eigenvalue weighted by atomic mass is 9.52. The predicted octanol–water partition coefficient (Wildman–Crippen LogP) is 7.11. The largest absolute Gasteiger partial charge is 0.508 e. The number of aromatic hydroxyl groups is 1. The van der Waals surface area contributed by atoms with Crippen LogP contribution in [0.1, 0.15) is 94.6 Å². The Hall–Kier alpha value is -1.46. The molecule has 0 saturated heterocycles. The van der Waals surface area contributed by atoms with Crippen molar-refractivity contribution >= 4 is 9.84 Å². The maximum absolute atomic E-state index is 13.0. The fourth-order valence-corrected chi connectivity index (χ4v) is 9.78. The van der Waals surface area contributed by atoms with Crippen molar-refractivity contribution in [1.29, 1.82) is 0 Å². The second-order valence-electron chi connectivity index (χ2n) is 13.7. The molecule has 11 heteroatoms. The van der Waals surface area contributed by atoms with Gasteiger partial charge in [0.05, 0.1) is 17.6 Å². The number of alkyl halides is 5. The van der Waals surface area contributed by atoms with E-state index in [0.717, 1.165) is 64.3 Å². The first kappa shape index (κ1) is 34.4. The molecule has 0 aliphatic heterocycles. The number of hydrogen-bond acceptors (Lipinski definition) is 5. The lowest BCUT2D eigenvalue weighted by Gasteiger charge is -2.53. The molecule has 2 fully saturated rings. The van der Waals surface area contributed by atoms with Crippen LogP contribution in [0.25, 0.3) is 0 Å². The van der Waals surface area contributed by atoms with Gasteiger partial charge in [-0.1, -0.05) is 25.8 Å². The molecule has 0 spiro atoms. The number of halogens is 5. The Balaban J connectivity index is 1.20. The molecule has 4 rings (SSSR count). The molecule has 246 valence electrons. The van der Waals surface area contributed by atoms with Crippen LogP contribution in [-0.2, 0) is 16.3 Å². The summed E-state index contributed by atoms with van der Waals surface area (Å²) >= 11 is 0. The molecule has 3 aliphatic rings. The third-order valence-electron chi connectivity index (χ3n) is 10.8. The molecule has 0 heterocycles. The van der Waals surface area contributed by atoms with Crippen LogP contribution in [0.3, 0.4) is 0 Å². The standard InChI is InChI=1S/C32H48F5NO4S/c1-30-15-13-26-25-10-9-24(39)21-23(25)20-22(29(26)27(30)11-12-28(30)40)8-4-3-5-16-38(2)17-7-19-43(41,42)18-6-14-31(33,34)32(35,36)37/h9-10,21-22,26-29,39-40H,3-8,11-20H2,1-2H3/t22-,26-,27+,28+,29-,30+/m1/s1. The van der Waals surface area contributed by atoms with Gasteiger partial charge in [0.15, 0.2) is 0 Å². The predicted molar refractivity (Wildman–Crippen MR) is 157 cm³/mol. The highest BCUT2D eigenvalue weighted by Gasteiger charge is 2.57.